The number of carbonyl (C=O) groups excluding carboxylic acids is 1. The van der Waals surface area contributed by atoms with E-state index in [0.29, 0.717) is 13.0 Å². The number of carboxylic acid groups (broad SMARTS) is 1. The van der Waals surface area contributed by atoms with Crippen molar-refractivity contribution in [1.29, 1.82) is 0 Å². The zero-order chi connectivity index (χ0) is 13.5. The number of rotatable bonds is 7. The lowest BCUT2D eigenvalue weighted by Crippen LogP contribution is -2.41. The summed E-state index contributed by atoms with van der Waals surface area (Å²) < 4.78 is 0. The first-order valence-corrected chi connectivity index (χ1v) is 6.53. The number of aliphatic carboxylic acids is 1. The van der Waals surface area contributed by atoms with Crippen molar-refractivity contribution in [3.8, 4) is 0 Å². The SMILES string of the molecule is Cc1csc(CCNC(=O)C(N)CCC(=O)O)n1. The maximum absolute atomic E-state index is 11.5. The molecule has 0 aliphatic heterocycles. The lowest BCUT2D eigenvalue weighted by atomic mass is 10.1. The molecule has 100 valence electrons. The Balaban J connectivity index is 2.22. The van der Waals surface area contributed by atoms with Gasteiger partial charge in [-0.3, -0.25) is 9.59 Å². The Hall–Kier alpha value is -1.47. The lowest BCUT2D eigenvalue weighted by Gasteiger charge is -2.10. The Morgan fingerprint density at radius 3 is 2.89 bits per heavy atom. The third kappa shape index (κ3) is 5.24. The summed E-state index contributed by atoms with van der Waals surface area (Å²) in [6.45, 7) is 2.38. The maximum atomic E-state index is 11.5. The van der Waals surface area contributed by atoms with E-state index < -0.39 is 12.0 Å². The Labute approximate surface area is 109 Å². The summed E-state index contributed by atoms with van der Waals surface area (Å²) in [6.07, 6.45) is 0.716. The minimum atomic E-state index is -0.948. The van der Waals surface area contributed by atoms with Crippen molar-refractivity contribution in [2.75, 3.05) is 6.54 Å². The van der Waals surface area contributed by atoms with Crippen LogP contribution in [0.4, 0.5) is 0 Å². The molecule has 7 heteroatoms. The van der Waals surface area contributed by atoms with Gasteiger partial charge in [-0.2, -0.15) is 0 Å². The molecule has 0 aliphatic carbocycles. The van der Waals surface area contributed by atoms with Gasteiger partial charge in [-0.05, 0) is 13.3 Å². The van der Waals surface area contributed by atoms with Crippen LogP contribution >= 0.6 is 11.3 Å². The van der Waals surface area contributed by atoms with E-state index in [9.17, 15) is 9.59 Å². The number of thiazole rings is 1. The summed E-state index contributed by atoms with van der Waals surface area (Å²) in [4.78, 5) is 26.1. The van der Waals surface area contributed by atoms with E-state index in [1.165, 1.54) is 0 Å². The minimum absolute atomic E-state index is 0.0970. The summed E-state index contributed by atoms with van der Waals surface area (Å²) in [5, 5.41) is 14.1. The monoisotopic (exact) mass is 271 g/mol. The molecule has 0 bridgehead atoms. The quantitative estimate of drug-likeness (QED) is 0.661. The zero-order valence-corrected chi connectivity index (χ0v) is 11.0. The molecule has 0 saturated carbocycles. The van der Waals surface area contributed by atoms with Crippen LogP contribution in [0.2, 0.25) is 0 Å². The number of carboxylic acids is 1. The second-order valence-electron chi connectivity index (χ2n) is 3.96. The minimum Gasteiger partial charge on any atom is -0.481 e. The molecule has 0 spiro atoms. The van der Waals surface area contributed by atoms with Gasteiger partial charge in [-0.1, -0.05) is 0 Å². The molecule has 0 saturated heterocycles. The van der Waals surface area contributed by atoms with Crippen LogP contribution in [0.3, 0.4) is 0 Å². The van der Waals surface area contributed by atoms with Crippen molar-refractivity contribution in [2.45, 2.75) is 32.2 Å². The fourth-order valence-corrected chi connectivity index (χ4v) is 2.13. The van der Waals surface area contributed by atoms with Crippen LogP contribution in [-0.4, -0.2) is 34.6 Å². The number of hydrogen-bond acceptors (Lipinski definition) is 5. The average molecular weight is 271 g/mol. The van der Waals surface area contributed by atoms with Gasteiger partial charge in [-0.15, -0.1) is 11.3 Å². The van der Waals surface area contributed by atoms with Gasteiger partial charge in [0.1, 0.15) is 0 Å². The van der Waals surface area contributed by atoms with Gasteiger partial charge in [0, 0.05) is 30.5 Å². The fourth-order valence-electron chi connectivity index (χ4n) is 1.35. The topological polar surface area (TPSA) is 105 Å². The van der Waals surface area contributed by atoms with E-state index >= 15 is 0 Å². The molecule has 1 atom stereocenters. The first-order chi connectivity index (χ1) is 8.49. The van der Waals surface area contributed by atoms with Gasteiger partial charge in [0.05, 0.1) is 11.0 Å². The predicted molar refractivity (Wildman–Crippen MR) is 68.4 cm³/mol. The highest BCUT2D eigenvalue weighted by atomic mass is 32.1. The Kier molecular flexibility index (Phi) is 5.73. The Morgan fingerprint density at radius 1 is 1.61 bits per heavy atom. The molecular weight excluding hydrogens is 254 g/mol. The molecule has 0 aromatic carbocycles. The largest absolute Gasteiger partial charge is 0.481 e. The van der Waals surface area contributed by atoms with Gasteiger partial charge in [0.15, 0.2) is 0 Å². The van der Waals surface area contributed by atoms with Crippen molar-refractivity contribution in [2.24, 2.45) is 5.73 Å². The molecule has 1 aromatic heterocycles. The molecule has 1 unspecified atom stereocenters. The standard InChI is InChI=1S/C11H17N3O3S/c1-7-6-18-9(14-7)4-5-13-11(17)8(12)2-3-10(15)16/h6,8H,2-5,12H2,1H3,(H,13,17)(H,15,16). The highest BCUT2D eigenvalue weighted by Gasteiger charge is 2.14. The first-order valence-electron chi connectivity index (χ1n) is 5.65. The van der Waals surface area contributed by atoms with Gasteiger partial charge in [0.25, 0.3) is 0 Å². The lowest BCUT2D eigenvalue weighted by molar-refractivity contribution is -0.137. The third-order valence-electron chi connectivity index (χ3n) is 2.31. The van der Waals surface area contributed by atoms with Gasteiger partial charge in [0.2, 0.25) is 5.91 Å². The van der Waals surface area contributed by atoms with Crippen molar-refractivity contribution < 1.29 is 14.7 Å². The molecule has 1 amide bonds. The summed E-state index contributed by atoms with van der Waals surface area (Å²) in [7, 11) is 0. The highest BCUT2D eigenvalue weighted by Crippen LogP contribution is 2.08. The number of aryl methyl sites for hydroxylation is 1. The molecular formula is C11H17N3O3S. The molecule has 1 rings (SSSR count). The number of hydrogen-bond donors (Lipinski definition) is 3. The summed E-state index contributed by atoms with van der Waals surface area (Å²) >= 11 is 1.55. The predicted octanol–water partition coefficient (Wildman–Crippen LogP) is 0.302. The normalized spacial score (nSPS) is 12.1. The van der Waals surface area contributed by atoms with Crippen molar-refractivity contribution in [3.63, 3.8) is 0 Å². The van der Waals surface area contributed by atoms with E-state index in [2.05, 4.69) is 10.3 Å². The van der Waals surface area contributed by atoms with Crippen LogP contribution in [-0.2, 0) is 16.0 Å². The maximum Gasteiger partial charge on any atom is 0.303 e. The van der Waals surface area contributed by atoms with Crippen molar-refractivity contribution in [3.05, 3.63) is 16.1 Å². The second kappa shape index (κ2) is 7.07. The molecule has 18 heavy (non-hydrogen) atoms. The molecule has 1 heterocycles. The summed E-state index contributed by atoms with van der Waals surface area (Å²) in [6, 6.07) is -0.765. The number of nitrogens with one attached hydrogen (secondary N) is 1. The number of nitrogens with two attached hydrogens (primary N) is 1. The molecule has 0 radical (unpaired) electrons. The summed E-state index contributed by atoms with van der Waals surface area (Å²) in [5.41, 5.74) is 6.53. The van der Waals surface area contributed by atoms with Gasteiger partial charge < -0.3 is 16.2 Å². The molecule has 0 aliphatic rings. The van der Waals surface area contributed by atoms with Crippen LogP contribution < -0.4 is 11.1 Å². The summed E-state index contributed by atoms with van der Waals surface area (Å²) in [5.74, 6) is -1.26. The molecule has 1 aromatic rings. The average Bonchev–Trinajstić information content (AvgIpc) is 2.71. The second-order valence-corrected chi connectivity index (χ2v) is 4.91. The van der Waals surface area contributed by atoms with Crippen LogP contribution in [0.25, 0.3) is 0 Å². The fraction of sp³-hybridized carbons (Fsp3) is 0.545. The van der Waals surface area contributed by atoms with Gasteiger partial charge >= 0.3 is 5.97 Å². The number of carbonyl (C=O) groups is 2. The van der Waals surface area contributed by atoms with E-state index in [0.717, 1.165) is 10.7 Å². The smallest absolute Gasteiger partial charge is 0.303 e. The van der Waals surface area contributed by atoms with Crippen LogP contribution in [0.15, 0.2) is 5.38 Å². The Bertz CT molecular complexity index is 419. The van der Waals surface area contributed by atoms with Crippen molar-refractivity contribution in [1.82, 2.24) is 10.3 Å². The molecule has 6 nitrogen and oxygen atoms in total. The van der Waals surface area contributed by atoms with Gasteiger partial charge in [-0.25, -0.2) is 4.98 Å². The van der Waals surface area contributed by atoms with E-state index in [1.807, 2.05) is 12.3 Å². The van der Waals surface area contributed by atoms with Crippen LogP contribution in [0, 0.1) is 6.92 Å². The molecule has 4 N–H and O–H groups in total. The van der Waals surface area contributed by atoms with Crippen LogP contribution in [0.5, 0.6) is 0 Å². The first kappa shape index (κ1) is 14.6. The number of nitrogens with zero attached hydrogens (tertiary/aromatic N) is 1. The van der Waals surface area contributed by atoms with E-state index in [-0.39, 0.29) is 18.7 Å². The zero-order valence-electron chi connectivity index (χ0n) is 10.2. The number of amides is 1. The van der Waals surface area contributed by atoms with E-state index in [4.69, 9.17) is 10.8 Å². The van der Waals surface area contributed by atoms with Crippen LogP contribution in [0.1, 0.15) is 23.5 Å². The number of aromatic nitrogens is 1. The Morgan fingerprint density at radius 2 is 2.33 bits per heavy atom. The van der Waals surface area contributed by atoms with Crippen molar-refractivity contribution >= 4 is 23.2 Å². The molecule has 0 fully saturated rings. The van der Waals surface area contributed by atoms with E-state index in [1.54, 1.807) is 11.3 Å². The third-order valence-corrected chi connectivity index (χ3v) is 3.34. The highest BCUT2D eigenvalue weighted by molar-refractivity contribution is 7.09.